The van der Waals surface area contributed by atoms with Gasteiger partial charge in [0, 0.05) is 24.7 Å². The van der Waals surface area contributed by atoms with Crippen molar-refractivity contribution in [3.63, 3.8) is 0 Å². The number of hydrogen-bond donors (Lipinski definition) is 0. The number of benzene rings is 1. The van der Waals surface area contributed by atoms with Gasteiger partial charge in [0.05, 0.1) is 9.83 Å². The maximum Gasteiger partial charge on any atom is 0.294 e. The van der Waals surface area contributed by atoms with E-state index in [1.165, 1.54) is 12.1 Å². The van der Waals surface area contributed by atoms with Gasteiger partial charge in [-0.2, -0.15) is 0 Å². The highest BCUT2D eigenvalue weighted by Crippen LogP contribution is 2.33. The van der Waals surface area contributed by atoms with Crippen molar-refractivity contribution in [2.75, 3.05) is 19.6 Å². The van der Waals surface area contributed by atoms with Crippen LogP contribution < -0.4 is 0 Å². The normalized spacial score (nSPS) is 18.9. The van der Waals surface area contributed by atoms with Gasteiger partial charge in [-0.1, -0.05) is 12.1 Å². The molecule has 1 aromatic carbocycles. The smallest absolute Gasteiger partial charge is 0.294 e. The van der Waals surface area contributed by atoms with Crippen LogP contribution >= 0.6 is 11.8 Å². The zero-order chi connectivity index (χ0) is 18.8. The van der Waals surface area contributed by atoms with Crippen molar-refractivity contribution in [1.29, 1.82) is 0 Å². The molecule has 0 aliphatic carbocycles. The van der Waals surface area contributed by atoms with Gasteiger partial charge in [-0.15, -0.1) is 0 Å². The fourth-order valence-electron chi connectivity index (χ4n) is 2.90. The molecule has 8 nitrogen and oxygen atoms in total. The lowest BCUT2D eigenvalue weighted by molar-refractivity contribution is -0.385. The molecule has 26 heavy (non-hydrogen) atoms. The first-order valence-electron chi connectivity index (χ1n) is 8.15. The highest BCUT2D eigenvalue weighted by molar-refractivity contribution is 8.18. The van der Waals surface area contributed by atoms with Crippen LogP contribution in [0, 0.1) is 17.0 Å². The molecular formula is C17H17N3O5S. The van der Waals surface area contributed by atoms with Crippen molar-refractivity contribution >= 4 is 40.6 Å². The fourth-order valence-corrected chi connectivity index (χ4v) is 3.74. The van der Waals surface area contributed by atoms with Crippen LogP contribution in [0.2, 0.25) is 0 Å². The number of hydrogen-bond acceptors (Lipinski definition) is 6. The Balaban J connectivity index is 1.78. The van der Waals surface area contributed by atoms with Crippen LogP contribution in [-0.4, -0.2) is 51.4 Å². The Kier molecular flexibility index (Phi) is 5.08. The zero-order valence-corrected chi connectivity index (χ0v) is 15.0. The molecule has 0 N–H and O–H groups in total. The lowest BCUT2D eigenvalue weighted by atomic mass is 10.1. The SMILES string of the molecule is Cc1ccc(/C=C2/SC(=O)N(CC(=O)N3CCCC3)C2=O)cc1[N+](=O)[O-]. The van der Waals surface area contributed by atoms with Gasteiger partial charge in [0.15, 0.2) is 0 Å². The summed E-state index contributed by atoms with van der Waals surface area (Å²) in [5.41, 5.74) is 0.914. The predicted octanol–water partition coefficient (Wildman–Crippen LogP) is 2.56. The quantitative estimate of drug-likeness (QED) is 0.455. The summed E-state index contributed by atoms with van der Waals surface area (Å²) < 4.78 is 0. The second kappa shape index (κ2) is 7.28. The van der Waals surface area contributed by atoms with Gasteiger partial charge in [-0.25, -0.2) is 0 Å². The van der Waals surface area contributed by atoms with Crippen LogP contribution in [0.1, 0.15) is 24.0 Å². The van der Waals surface area contributed by atoms with E-state index in [1.54, 1.807) is 24.0 Å². The van der Waals surface area contributed by atoms with Crippen molar-refractivity contribution < 1.29 is 19.3 Å². The number of nitro benzene ring substituents is 1. The van der Waals surface area contributed by atoms with Crippen molar-refractivity contribution in [2.24, 2.45) is 0 Å². The van der Waals surface area contributed by atoms with E-state index >= 15 is 0 Å². The fraction of sp³-hybridized carbons (Fsp3) is 0.353. The number of nitrogens with zero attached hydrogens (tertiary/aromatic N) is 3. The second-order valence-corrected chi connectivity index (χ2v) is 7.15. The van der Waals surface area contributed by atoms with Crippen LogP contribution in [0.15, 0.2) is 23.1 Å². The summed E-state index contributed by atoms with van der Waals surface area (Å²) in [6, 6.07) is 4.59. The lowest BCUT2D eigenvalue weighted by Crippen LogP contribution is -2.40. The molecule has 2 heterocycles. The predicted molar refractivity (Wildman–Crippen MR) is 96.3 cm³/mol. The number of likely N-dealkylation sites (tertiary alicyclic amines) is 1. The molecule has 0 bridgehead atoms. The van der Waals surface area contributed by atoms with Crippen molar-refractivity contribution in [3.05, 3.63) is 44.3 Å². The summed E-state index contributed by atoms with van der Waals surface area (Å²) in [6.45, 7) is 2.66. The van der Waals surface area contributed by atoms with E-state index < -0.39 is 16.1 Å². The minimum atomic E-state index is -0.546. The third-order valence-electron chi connectivity index (χ3n) is 4.35. The number of amides is 3. The first kappa shape index (κ1) is 18.1. The summed E-state index contributed by atoms with van der Waals surface area (Å²) in [6.07, 6.45) is 3.30. The Morgan fingerprint density at radius 3 is 2.65 bits per heavy atom. The van der Waals surface area contributed by atoms with E-state index in [2.05, 4.69) is 0 Å². The molecular weight excluding hydrogens is 358 g/mol. The van der Waals surface area contributed by atoms with Gasteiger partial charge in [0.2, 0.25) is 5.91 Å². The molecule has 136 valence electrons. The number of aryl methyl sites for hydroxylation is 1. The molecule has 0 saturated carbocycles. The van der Waals surface area contributed by atoms with Crippen LogP contribution in [-0.2, 0) is 9.59 Å². The van der Waals surface area contributed by atoms with Gasteiger partial charge in [0.25, 0.3) is 16.8 Å². The standard InChI is InChI=1S/C17H17N3O5S/c1-11-4-5-12(8-13(11)20(24)25)9-14-16(22)19(17(23)26-14)10-15(21)18-6-2-3-7-18/h4-5,8-9H,2-3,6-7,10H2,1H3/b14-9+. The summed E-state index contributed by atoms with van der Waals surface area (Å²) in [5.74, 6) is -0.784. The molecule has 3 rings (SSSR count). The molecule has 2 aliphatic rings. The van der Waals surface area contributed by atoms with E-state index in [0.717, 1.165) is 29.5 Å². The minimum absolute atomic E-state index is 0.0535. The number of imide groups is 1. The Hall–Kier alpha value is -2.68. The van der Waals surface area contributed by atoms with Gasteiger partial charge in [0.1, 0.15) is 6.54 Å². The van der Waals surface area contributed by atoms with E-state index in [1.807, 2.05) is 0 Å². The van der Waals surface area contributed by atoms with Crippen LogP contribution in [0.4, 0.5) is 10.5 Å². The van der Waals surface area contributed by atoms with Gasteiger partial charge >= 0.3 is 0 Å². The van der Waals surface area contributed by atoms with Crippen molar-refractivity contribution in [2.45, 2.75) is 19.8 Å². The number of rotatable bonds is 4. The molecule has 0 radical (unpaired) electrons. The second-order valence-electron chi connectivity index (χ2n) is 6.16. The van der Waals surface area contributed by atoms with Gasteiger partial charge in [-0.05, 0) is 43.2 Å². The molecule has 0 spiro atoms. The van der Waals surface area contributed by atoms with E-state index in [9.17, 15) is 24.5 Å². The van der Waals surface area contributed by atoms with E-state index in [-0.39, 0.29) is 23.0 Å². The van der Waals surface area contributed by atoms with Crippen LogP contribution in [0.25, 0.3) is 6.08 Å². The van der Waals surface area contributed by atoms with Crippen LogP contribution in [0.3, 0.4) is 0 Å². The third-order valence-corrected chi connectivity index (χ3v) is 5.26. The molecule has 9 heteroatoms. The Labute approximate surface area is 154 Å². The Morgan fingerprint density at radius 1 is 1.31 bits per heavy atom. The molecule has 0 unspecified atom stereocenters. The maximum atomic E-state index is 12.5. The number of thioether (sulfide) groups is 1. The monoisotopic (exact) mass is 375 g/mol. The first-order valence-corrected chi connectivity index (χ1v) is 8.96. The highest BCUT2D eigenvalue weighted by atomic mass is 32.2. The third kappa shape index (κ3) is 3.62. The molecule has 2 saturated heterocycles. The number of carbonyl (C=O) groups excluding carboxylic acids is 3. The molecule has 0 aromatic heterocycles. The van der Waals surface area contributed by atoms with Crippen molar-refractivity contribution in [1.82, 2.24) is 9.80 Å². The van der Waals surface area contributed by atoms with E-state index in [0.29, 0.717) is 24.2 Å². The molecule has 1 aromatic rings. The number of carbonyl (C=O) groups is 3. The minimum Gasteiger partial charge on any atom is -0.341 e. The zero-order valence-electron chi connectivity index (χ0n) is 14.1. The van der Waals surface area contributed by atoms with E-state index in [4.69, 9.17) is 0 Å². The summed E-state index contributed by atoms with van der Waals surface area (Å²) in [5, 5.41) is 10.5. The van der Waals surface area contributed by atoms with Gasteiger partial charge < -0.3 is 4.90 Å². The Morgan fingerprint density at radius 2 is 2.00 bits per heavy atom. The molecule has 3 amide bonds. The lowest BCUT2D eigenvalue weighted by Gasteiger charge is -2.18. The summed E-state index contributed by atoms with van der Waals surface area (Å²) in [7, 11) is 0. The molecule has 2 aliphatic heterocycles. The maximum absolute atomic E-state index is 12.5. The highest BCUT2D eigenvalue weighted by Gasteiger charge is 2.37. The topological polar surface area (TPSA) is 101 Å². The van der Waals surface area contributed by atoms with Gasteiger partial charge in [-0.3, -0.25) is 29.4 Å². The Bertz CT molecular complexity index is 830. The average molecular weight is 375 g/mol. The van der Waals surface area contributed by atoms with Crippen molar-refractivity contribution in [3.8, 4) is 0 Å². The summed E-state index contributed by atoms with van der Waals surface area (Å²) in [4.78, 5) is 50.0. The first-order chi connectivity index (χ1) is 12.4. The van der Waals surface area contributed by atoms with Crippen LogP contribution in [0.5, 0.6) is 0 Å². The largest absolute Gasteiger partial charge is 0.341 e. The summed E-state index contributed by atoms with van der Waals surface area (Å²) >= 11 is 0.738. The molecule has 0 atom stereocenters. The average Bonchev–Trinajstić information content (AvgIpc) is 3.21. The number of nitro groups is 1. The molecule has 2 fully saturated rings.